The summed E-state index contributed by atoms with van der Waals surface area (Å²) in [7, 11) is 3.33. The van der Waals surface area contributed by atoms with E-state index in [0.717, 1.165) is 77.4 Å². The highest BCUT2D eigenvalue weighted by molar-refractivity contribution is 6.22. The van der Waals surface area contributed by atoms with Gasteiger partial charge in [-0.1, -0.05) is 97.1 Å². The standard InChI is InChI=1S/C39H28N2O3/c1-43-27-21-17-25(18-22-27)29-11-7-13-33-31-9-3-5-15-35(31)40(37(29)33)39(42)41-36-16-6-4-10-32(36)34-14-8-12-30(38(34)41)26-19-23-28(44-2)24-20-26/h3-24H,1-2H3. The average Bonchev–Trinajstić information content (AvgIpc) is 3.61. The smallest absolute Gasteiger partial charge is 0.338 e. The molecule has 0 saturated heterocycles. The Kier molecular flexibility index (Phi) is 5.98. The van der Waals surface area contributed by atoms with Crippen molar-refractivity contribution in [3.05, 3.63) is 133 Å². The maximum Gasteiger partial charge on any atom is 0.338 e. The van der Waals surface area contributed by atoms with Gasteiger partial charge in [-0.3, -0.25) is 9.13 Å². The van der Waals surface area contributed by atoms with Crippen LogP contribution in [-0.4, -0.2) is 29.4 Å². The van der Waals surface area contributed by atoms with Crippen LogP contribution in [0.1, 0.15) is 0 Å². The number of rotatable bonds is 4. The molecule has 0 amide bonds. The number of para-hydroxylation sites is 4. The Bertz CT molecular complexity index is 2190. The Morgan fingerprint density at radius 2 is 0.841 bits per heavy atom. The van der Waals surface area contributed by atoms with Crippen LogP contribution in [0.3, 0.4) is 0 Å². The molecule has 0 saturated carbocycles. The van der Waals surface area contributed by atoms with E-state index in [1.54, 1.807) is 14.2 Å². The molecule has 0 aliphatic carbocycles. The van der Waals surface area contributed by atoms with E-state index in [9.17, 15) is 0 Å². The number of ether oxygens (including phenoxy) is 2. The van der Waals surface area contributed by atoms with Gasteiger partial charge in [0, 0.05) is 32.7 Å². The van der Waals surface area contributed by atoms with E-state index < -0.39 is 0 Å². The lowest BCUT2D eigenvalue weighted by Gasteiger charge is -2.14. The van der Waals surface area contributed by atoms with Gasteiger partial charge in [-0.15, -0.1) is 0 Å². The fourth-order valence-electron chi connectivity index (χ4n) is 6.54. The molecule has 0 aliphatic heterocycles. The van der Waals surface area contributed by atoms with Crippen molar-refractivity contribution in [2.75, 3.05) is 14.2 Å². The third-order valence-corrected chi connectivity index (χ3v) is 8.57. The minimum atomic E-state index is -0.135. The van der Waals surface area contributed by atoms with Crippen molar-refractivity contribution in [1.29, 1.82) is 0 Å². The van der Waals surface area contributed by atoms with E-state index in [2.05, 4.69) is 48.5 Å². The highest BCUT2D eigenvalue weighted by atomic mass is 16.5. The second-order valence-electron chi connectivity index (χ2n) is 10.8. The predicted molar refractivity (Wildman–Crippen MR) is 179 cm³/mol. The lowest BCUT2D eigenvalue weighted by Crippen LogP contribution is -2.19. The lowest BCUT2D eigenvalue weighted by molar-refractivity contribution is 0.247. The summed E-state index contributed by atoms with van der Waals surface area (Å²) in [6.07, 6.45) is 0. The number of benzene rings is 6. The first-order chi connectivity index (χ1) is 21.7. The summed E-state index contributed by atoms with van der Waals surface area (Å²) in [4.78, 5) is 15.3. The maximum atomic E-state index is 15.3. The molecular formula is C39H28N2O3. The first kappa shape index (κ1) is 25.9. The van der Waals surface area contributed by atoms with E-state index in [1.165, 1.54) is 0 Å². The molecule has 5 heteroatoms. The van der Waals surface area contributed by atoms with Crippen molar-refractivity contribution < 1.29 is 14.3 Å². The number of carbonyl (C=O) groups is 1. The number of methoxy groups -OCH3 is 2. The molecule has 2 heterocycles. The van der Waals surface area contributed by atoms with Crippen molar-refractivity contribution in [2.24, 2.45) is 0 Å². The Balaban J connectivity index is 1.47. The molecule has 0 aliphatic rings. The van der Waals surface area contributed by atoms with Gasteiger partial charge in [0.15, 0.2) is 0 Å². The van der Waals surface area contributed by atoms with Crippen LogP contribution in [0.5, 0.6) is 11.5 Å². The predicted octanol–water partition coefficient (Wildman–Crippen LogP) is 9.77. The molecule has 5 nitrogen and oxygen atoms in total. The topological polar surface area (TPSA) is 45.4 Å². The number of nitrogens with zero attached hydrogens (tertiary/aromatic N) is 2. The van der Waals surface area contributed by atoms with Crippen LogP contribution in [0.15, 0.2) is 133 Å². The van der Waals surface area contributed by atoms with E-state index in [-0.39, 0.29) is 6.03 Å². The van der Waals surface area contributed by atoms with Crippen LogP contribution < -0.4 is 9.47 Å². The van der Waals surface area contributed by atoms with Gasteiger partial charge in [0.1, 0.15) is 11.5 Å². The molecule has 212 valence electrons. The monoisotopic (exact) mass is 572 g/mol. The lowest BCUT2D eigenvalue weighted by atomic mass is 10.0. The molecular weight excluding hydrogens is 544 g/mol. The average molecular weight is 573 g/mol. The van der Waals surface area contributed by atoms with Crippen LogP contribution in [-0.2, 0) is 0 Å². The molecule has 2 aromatic heterocycles. The third-order valence-electron chi connectivity index (χ3n) is 8.57. The minimum Gasteiger partial charge on any atom is -0.497 e. The summed E-state index contributed by atoms with van der Waals surface area (Å²) in [6.45, 7) is 0. The van der Waals surface area contributed by atoms with Crippen molar-refractivity contribution in [2.45, 2.75) is 0 Å². The fraction of sp³-hybridized carbons (Fsp3) is 0.0513. The van der Waals surface area contributed by atoms with Crippen molar-refractivity contribution >= 4 is 49.6 Å². The molecule has 0 spiro atoms. The third kappa shape index (κ3) is 3.83. The number of carbonyl (C=O) groups excluding carboxylic acids is 1. The zero-order valence-electron chi connectivity index (χ0n) is 24.3. The summed E-state index contributed by atoms with van der Waals surface area (Å²) in [5.74, 6) is 1.57. The summed E-state index contributed by atoms with van der Waals surface area (Å²) in [5, 5.41) is 4.11. The molecule has 44 heavy (non-hydrogen) atoms. The van der Waals surface area contributed by atoms with Gasteiger partial charge in [0.05, 0.1) is 36.3 Å². The molecule has 6 aromatic carbocycles. The van der Waals surface area contributed by atoms with Crippen molar-refractivity contribution in [3.8, 4) is 33.8 Å². The van der Waals surface area contributed by atoms with Crippen LogP contribution >= 0.6 is 0 Å². The number of aromatic nitrogens is 2. The van der Waals surface area contributed by atoms with Crippen LogP contribution in [0.4, 0.5) is 4.79 Å². The Labute approximate surface area is 254 Å². The Morgan fingerprint density at radius 3 is 1.25 bits per heavy atom. The van der Waals surface area contributed by atoms with Crippen LogP contribution in [0.2, 0.25) is 0 Å². The SMILES string of the molecule is COc1ccc(-c2cccc3c4ccccc4n(C(=O)n4c5ccccc5c5cccc(-c6ccc(OC)cc6)c54)c23)cc1. The van der Waals surface area contributed by atoms with E-state index in [4.69, 9.17) is 9.47 Å². The summed E-state index contributed by atoms with van der Waals surface area (Å²) >= 11 is 0. The van der Waals surface area contributed by atoms with Crippen molar-refractivity contribution in [1.82, 2.24) is 9.13 Å². The number of hydrogen-bond acceptors (Lipinski definition) is 3. The normalized spacial score (nSPS) is 11.5. The number of hydrogen-bond donors (Lipinski definition) is 0. The quantitative estimate of drug-likeness (QED) is 0.211. The summed E-state index contributed by atoms with van der Waals surface area (Å²) < 4.78 is 14.6. The Morgan fingerprint density at radius 1 is 0.455 bits per heavy atom. The molecule has 0 atom stereocenters. The summed E-state index contributed by atoms with van der Waals surface area (Å²) in [5.41, 5.74) is 7.44. The zero-order chi connectivity index (χ0) is 29.8. The zero-order valence-corrected chi connectivity index (χ0v) is 24.3. The van der Waals surface area contributed by atoms with Gasteiger partial charge in [0.25, 0.3) is 0 Å². The van der Waals surface area contributed by atoms with Gasteiger partial charge >= 0.3 is 6.03 Å². The van der Waals surface area contributed by atoms with Crippen molar-refractivity contribution in [3.63, 3.8) is 0 Å². The van der Waals surface area contributed by atoms with E-state index >= 15 is 4.79 Å². The first-order valence-electron chi connectivity index (χ1n) is 14.6. The highest BCUT2D eigenvalue weighted by Gasteiger charge is 2.25. The maximum absolute atomic E-state index is 15.3. The van der Waals surface area contributed by atoms with E-state index in [1.807, 2.05) is 94.1 Å². The van der Waals surface area contributed by atoms with E-state index in [0.29, 0.717) is 0 Å². The highest BCUT2D eigenvalue weighted by Crippen LogP contribution is 2.40. The molecule has 0 unspecified atom stereocenters. The minimum absolute atomic E-state index is 0.135. The molecule has 0 bridgehead atoms. The van der Waals surface area contributed by atoms with Gasteiger partial charge < -0.3 is 9.47 Å². The van der Waals surface area contributed by atoms with Gasteiger partial charge in [-0.05, 0) is 47.5 Å². The Hall–Kier alpha value is -5.81. The molecule has 8 rings (SSSR count). The molecule has 0 radical (unpaired) electrons. The van der Waals surface area contributed by atoms with Gasteiger partial charge in [0.2, 0.25) is 0 Å². The number of fused-ring (bicyclic) bond motifs is 6. The molecule has 0 N–H and O–H groups in total. The second kappa shape index (κ2) is 10.2. The molecule has 0 fully saturated rings. The molecule has 8 aromatic rings. The fourth-order valence-corrected chi connectivity index (χ4v) is 6.54. The van der Waals surface area contributed by atoms with Crippen LogP contribution in [0, 0.1) is 0 Å². The first-order valence-corrected chi connectivity index (χ1v) is 14.6. The van der Waals surface area contributed by atoms with Gasteiger partial charge in [-0.25, -0.2) is 4.79 Å². The second-order valence-corrected chi connectivity index (χ2v) is 10.8. The largest absolute Gasteiger partial charge is 0.497 e. The summed E-state index contributed by atoms with van der Waals surface area (Å²) in [6, 6.07) is 44.6. The van der Waals surface area contributed by atoms with Crippen LogP contribution in [0.25, 0.3) is 65.9 Å². The van der Waals surface area contributed by atoms with Gasteiger partial charge in [-0.2, -0.15) is 0 Å².